The van der Waals surface area contributed by atoms with E-state index in [1.54, 1.807) is 6.07 Å². The van der Waals surface area contributed by atoms with Crippen LogP contribution in [0.4, 0.5) is 20.3 Å². The summed E-state index contributed by atoms with van der Waals surface area (Å²) < 4.78 is 55.9. The molecule has 1 aliphatic rings. The molecule has 0 radical (unpaired) electrons. The van der Waals surface area contributed by atoms with Gasteiger partial charge in [0.05, 0.1) is 5.69 Å². The highest BCUT2D eigenvalue weighted by atomic mass is 35.5. The molecule has 3 rings (SSSR count). The molecule has 0 amide bonds. The average Bonchev–Trinajstić information content (AvgIpc) is 2.60. The number of rotatable bonds is 6. The number of nitrogens with zero attached hydrogens (tertiary/aromatic N) is 3. The second kappa shape index (κ2) is 8.04. The molecule has 1 aromatic heterocycles. The highest BCUT2D eigenvalue weighted by molar-refractivity contribution is 7.92. The fraction of sp³-hybridized carbons (Fsp3) is 0.421. The second-order valence-corrected chi connectivity index (χ2v) is 9.53. The Morgan fingerprint density at radius 2 is 2.03 bits per heavy atom. The Balaban J connectivity index is 1.92. The van der Waals surface area contributed by atoms with E-state index in [-0.39, 0.29) is 22.4 Å². The van der Waals surface area contributed by atoms with Gasteiger partial charge in [-0.1, -0.05) is 17.7 Å². The molecule has 29 heavy (non-hydrogen) atoms. The van der Waals surface area contributed by atoms with Gasteiger partial charge in [-0.15, -0.1) is 0 Å². The SMILES string of the molecule is Cc1cc(N2CC(CN(C)C)C2C)c(Cl)c(F)c1S(=O)(=O)Nc1cccc(F)n1. The van der Waals surface area contributed by atoms with Crippen molar-refractivity contribution in [1.29, 1.82) is 0 Å². The Kier molecular flexibility index (Phi) is 6.03. The average molecular weight is 445 g/mol. The zero-order chi connectivity index (χ0) is 21.5. The maximum Gasteiger partial charge on any atom is 0.266 e. The molecular weight excluding hydrogens is 422 g/mol. The molecule has 2 aromatic rings. The molecule has 2 unspecified atom stereocenters. The van der Waals surface area contributed by atoms with Crippen molar-refractivity contribution in [3.8, 4) is 0 Å². The first-order valence-electron chi connectivity index (χ1n) is 9.06. The number of hydrogen-bond acceptors (Lipinski definition) is 5. The molecule has 158 valence electrons. The number of hydrogen-bond donors (Lipinski definition) is 1. The van der Waals surface area contributed by atoms with Crippen molar-refractivity contribution < 1.29 is 17.2 Å². The predicted octanol–water partition coefficient (Wildman–Crippen LogP) is 3.51. The molecule has 1 saturated heterocycles. The van der Waals surface area contributed by atoms with Crippen LogP contribution >= 0.6 is 11.6 Å². The van der Waals surface area contributed by atoms with Crippen molar-refractivity contribution in [1.82, 2.24) is 9.88 Å². The van der Waals surface area contributed by atoms with Gasteiger partial charge in [-0.25, -0.2) is 17.8 Å². The minimum atomic E-state index is -4.35. The Morgan fingerprint density at radius 3 is 2.62 bits per heavy atom. The van der Waals surface area contributed by atoms with E-state index in [0.29, 0.717) is 18.2 Å². The lowest BCUT2D eigenvalue weighted by Crippen LogP contribution is -2.58. The van der Waals surface area contributed by atoms with Gasteiger partial charge in [-0.2, -0.15) is 4.39 Å². The fourth-order valence-electron chi connectivity index (χ4n) is 3.60. The van der Waals surface area contributed by atoms with Crippen LogP contribution in [0.25, 0.3) is 0 Å². The van der Waals surface area contributed by atoms with E-state index in [2.05, 4.69) is 14.6 Å². The van der Waals surface area contributed by atoms with E-state index in [1.807, 2.05) is 25.9 Å². The summed E-state index contributed by atoms with van der Waals surface area (Å²) in [5.74, 6) is -1.72. The number of halogens is 3. The van der Waals surface area contributed by atoms with Gasteiger partial charge in [-0.3, -0.25) is 4.72 Å². The second-order valence-electron chi connectivity index (χ2n) is 7.54. The van der Waals surface area contributed by atoms with Gasteiger partial charge in [0.15, 0.2) is 5.82 Å². The number of anilines is 2. The molecule has 0 spiro atoms. The third kappa shape index (κ3) is 4.31. The zero-order valence-corrected chi connectivity index (χ0v) is 18.2. The molecule has 1 aromatic carbocycles. The van der Waals surface area contributed by atoms with E-state index in [9.17, 15) is 12.8 Å². The fourth-order valence-corrected chi connectivity index (χ4v) is 5.22. The van der Waals surface area contributed by atoms with E-state index in [0.717, 1.165) is 12.6 Å². The normalized spacial score (nSPS) is 19.4. The summed E-state index contributed by atoms with van der Waals surface area (Å²) in [7, 11) is -0.364. The number of sulfonamides is 1. The lowest BCUT2D eigenvalue weighted by atomic mass is 9.88. The third-order valence-electron chi connectivity index (χ3n) is 5.07. The first kappa shape index (κ1) is 21.7. The van der Waals surface area contributed by atoms with Crippen molar-refractivity contribution in [2.75, 3.05) is 36.8 Å². The molecule has 10 heteroatoms. The van der Waals surface area contributed by atoms with Crippen molar-refractivity contribution in [3.63, 3.8) is 0 Å². The lowest BCUT2D eigenvalue weighted by Gasteiger charge is -2.49. The minimum absolute atomic E-state index is 0.144. The Morgan fingerprint density at radius 1 is 1.34 bits per heavy atom. The topological polar surface area (TPSA) is 65.5 Å². The molecule has 1 fully saturated rings. The van der Waals surface area contributed by atoms with Gasteiger partial charge in [0, 0.05) is 25.0 Å². The van der Waals surface area contributed by atoms with E-state index >= 15 is 4.39 Å². The quantitative estimate of drug-likeness (QED) is 0.691. The van der Waals surface area contributed by atoms with Crippen LogP contribution in [0.3, 0.4) is 0 Å². The van der Waals surface area contributed by atoms with Crippen LogP contribution in [0.1, 0.15) is 12.5 Å². The molecule has 6 nitrogen and oxygen atoms in total. The van der Waals surface area contributed by atoms with Gasteiger partial charge >= 0.3 is 0 Å². The van der Waals surface area contributed by atoms with Gasteiger partial charge < -0.3 is 9.80 Å². The summed E-state index contributed by atoms with van der Waals surface area (Å²) in [4.78, 5) is 6.93. The van der Waals surface area contributed by atoms with Crippen LogP contribution in [-0.4, -0.2) is 51.5 Å². The Bertz CT molecular complexity index is 1030. The molecule has 0 aliphatic carbocycles. The molecule has 2 atom stereocenters. The highest BCUT2D eigenvalue weighted by Gasteiger charge is 2.38. The minimum Gasteiger partial charge on any atom is -0.367 e. The van der Waals surface area contributed by atoms with Crippen LogP contribution in [0.15, 0.2) is 29.2 Å². The highest BCUT2D eigenvalue weighted by Crippen LogP contribution is 2.40. The van der Waals surface area contributed by atoms with Crippen molar-refractivity contribution >= 4 is 33.1 Å². The maximum absolute atomic E-state index is 15.1. The molecule has 1 aliphatic heterocycles. The summed E-state index contributed by atoms with van der Waals surface area (Å²) in [6.45, 7) is 5.13. The van der Waals surface area contributed by atoms with Gasteiger partial charge in [0.1, 0.15) is 15.7 Å². The maximum atomic E-state index is 15.1. The van der Waals surface area contributed by atoms with Crippen LogP contribution in [0.2, 0.25) is 5.02 Å². The first-order valence-corrected chi connectivity index (χ1v) is 10.9. The lowest BCUT2D eigenvalue weighted by molar-refractivity contribution is 0.231. The van der Waals surface area contributed by atoms with Crippen LogP contribution < -0.4 is 9.62 Å². The first-order chi connectivity index (χ1) is 13.5. The molecule has 0 saturated carbocycles. The monoisotopic (exact) mass is 444 g/mol. The summed E-state index contributed by atoms with van der Waals surface area (Å²) in [5, 5.41) is -0.252. The number of aryl methyl sites for hydroxylation is 1. The Labute approximate surface area is 174 Å². The molecule has 0 bridgehead atoms. The van der Waals surface area contributed by atoms with Crippen LogP contribution in [-0.2, 0) is 10.0 Å². The summed E-state index contributed by atoms with van der Waals surface area (Å²) in [6.07, 6.45) is 0. The summed E-state index contributed by atoms with van der Waals surface area (Å²) in [6, 6.07) is 5.37. The van der Waals surface area contributed by atoms with Gasteiger partial charge in [0.25, 0.3) is 10.0 Å². The molecule has 1 N–H and O–H groups in total. The summed E-state index contributed by atoms with van der Waals surface area (Å²) in [5.41, 5.74) is 0.668. The summed E-state index contributed by atoms with van der Waals surface area (Å²) >= 11 is 6.24. The van der Waals surface area contributed by atoms with Gasteiger partial charge in [-0.05, 0) is 51.7 Å². The third-order valence-corrected chi connectivity index (χ3v) is 6.94. The smallest absolute Gasteiger partial charge is 0.266 e. The predicted molar refractivity (Wildman–Crippen MR) is 110 cm³/mol. The van der Waals surface area contributed by atoms with Crippen LogP contribution in [0, 0.1) is 24.6 Å². The van der Waals surface area contributed by atoms with Crippen molar-refractivity contribution in [2.24, 2.45) is 5.92 Å². The zero-order valence-electron chi connectivity index (χ0n) is 16.6. The number of benzene rings is 1. The van der Waals surface area contributed by atoms with Gasteiger partial charge in [0.2, 0.25) is 5.95 Å². The van der Waals surface area contributed by atoms with Crippen molar-refractivity contribution in [3.05, 3.63) is 46.6 Å². The van der Waals surface area contributed by atoms with Crippen LogP contribution in [0.5, 0.6) is 0 Å². The molecular formula is C19H23ClF2N4O2S. The largest absolute Gasteiger partial charge is 0.367 e. The Hall–Kier alpha value is -1.97. The van der Waals surface area contributed by atoms with Crippen molar-refractivity contribution in [2.45, 2.75) is 24.8 Å². The molecule has 2 heterocycles. The van der Waals surface area contributed by atoms with E-state index in [1.165, 1.54) is 19.1 Å². The number of aromatic nitrogens is 1. The number of nitrogens with one attached hydrogen (secondary N) is 1. The standard InChI is InChI=1S/C19H23ClF2N4O2S/c1-11-8-14(26-10-13(12(26)2)9-25(3)4)17(20)18(22)19(11)29(27,28)24-16-7-5-6-15(21)23-16/h5-8,12-13H,9-10H2,1-4H3,(H,23,24). The van der Waals surface area contributed by atoms with E-state index < -0.39 is 26.7 Å². The number of pyridine rings is 1. The van der Waals surface area contributed by atoms with E-state index in [4.69, 9.17) is 11.6 Å².